The van der Waals surface area contributed by atoms with E-state index in [0.717, 1.165) is 21.8 Å². The molecule has 7 heteroatoms. The van der Waals surface area contributed by atoms with Crippen LogP contribution in [0.25, 0.3) is 21.7 Å². The fourth-order valence-electron chi connectivity index (χ4n) is 3.78. The topological polar surface area (TPSA) is 67.4 Å². The maximum Gasteiger partial charge on any atom is 0.256 e. The van der Waals surface area contributed by atoms with Gasteiger partial charge in [-0.25, -0.2) is 4.98 Å². The van der Waals surface area contributed by atoms with Crippen molar-refractivity contribution in [2.24, 2.45) is 0 Å². The molecular formula is C23H19ClN4O2. The normalized spacial score (nSPS) is 14.2. The number of carbonyl (C=O) groups excluding carboxylic acids is 1. The van der Waals surface area contributed by atoms with Gasteiger partial charge in [-0.2, -0.15) is 0 Å². The zero-order chi connectivity index (χ0) is 20.5. The lowest BCUT2D eigenvalue weighted by atomic mass is 10.0. The van der Waals surface area contributed by atoms with Gasteiger partial charge < -0.3 is 15.0 Å². The van der Waals surface area contributed by atoms with E-state index < -0.39 is 0 Å². The molecular weight excluding hydrogens is 400 g/mol. The van der Waals surface area contributed by atoms with E-state index >= 15 is 0 Å². The number of nitrogens with one attached hydrogen (secondary N) is 1. The molecule has 4 aromatic rings. The molecule has 1 aliphatic heterocycles. The van der Waals surface area contributed by atoms with Gasteiger partial charge in [0.25, 0.3) is 5.91 Å². The predicted molar refractivity (Wildman–Crippen MR) is 119 cm³/mol. The highest BCUT2D eigenvalue weighted by molar-refractivity contribution is 6.30. The minimum atomic E-state index is -0.0339. The summed E-state index contributed by atoms with van der Waals surface area (Å²) in [4.78, 5) is 24.2. The van der Waals surface area contributed by atoms with E-state index in [4.69, 9.17) is 21.3 Å². The molecule has 0 unspecified atom stereocenters. The number of ether oxygens (including phenoxy) is 1. The van der Waals surface area contributed by atoms with Crippen LogP contribution in [0, 0.1) is 0 Å². The number of hydrogen-bond donors (Lipinski definition) is 1. The van der Waals surface area contributed by atoms with Crippen molar-refractivity contribution in [2.75, 3.05) is 31.6 Å². The number of morpholine rings is 1. The molecule has 0 spiro atoms. The Hall–Kier alpha value is -3.22. The number of fused-ring (bicyclic) bond motifs is 3. The molecule has 0 bridgehead atoms. The van der Waals surface area contributed by atoms with Crippen LogP contribution in [0.3, 0.4) is 0 Å². The van der Waals surface area contributed by atoms with Gasteiger partial charge in [0, 0.05) is 52.4 Å². The number of para-hydroxylation sites is 1. The Bertz CT molecular complexity index is 1250. The quantitative estimate of drug-likeness (QED) is 0.490. The molecule has 1 aliphatic rings. The number of carbonyl (C=O) groups is 1. The standard InChI is InChI=1S/C23H19ClN4O2/c24-15-3-1-4-16(13-15)26-22-18-7-8-25-14-20(18)17-5-2-6-19(21(17)27-22)23(29)28-9-11-30-12-10-28/h1-8,13-14H,9-12H2,(H,26,27). The molecule has 0 atom stereocenters. The Kier molecular flexibility index (Phi) is 4.94. The molecule has 2 aromatic carbocycles. The Morgan fingerprint density at radius 1 is 1.03 bits per heavy atom. The molecule has 30 heavy (non-hydrogen) atoms. The van der Waals surface area contributed by atoms with Crippen LogP contribution in [0.2, 0.25) is 5.02 Å². The Labute approximate surface area is 178 Å². The Balaban J connectivity index is 1.68. The van der Waals surface area contributed by atoms with Gasteiger partial charge in [0.1, 0.15) is 5.82 Å². The number of nitrogens with zero attached hydrogens (tertiary/aromatic N) is 3. The summed E-state index contributed by atoms with van der Waals surface area (Å²) in [6.45, 7) is 2.27. The van der Waals surface area contributed by atoms with E-state index in [1.165, 1.54) is 0 Å². The summed E-state index contributed by atoms with van der Waals surface area (Å²) in [7, 11) is 0. The van der Waals surface area contributed by atoms with Crippen LogP contribution < -0.4 is 5.32 Å². The maximum absolute atomic E-state index is 13.2. The van der Waals surface area contributed by atoms with E-state index in [1.807, 2.05) is 59.6 Å². The molecule has 3 heterocycles. The van der Waals surface area contributed by atoms with E-state index in [2.05, 4.69) is 10.3 Å². The average molecular weight is 419 g/mol. The molecule has 5 rings (SSSR count). The van der Waals surface area contributed by atoms with Gasteiger partial charge in [0.2, 0.25) is 0 Å². The molecule has 1 saturated heterocycles. The SMILES string of the molecule is O=C(c1cccc2c1nc(Nc1cccc(Cl)c1)c1ccncc12)N1CCOCC1. The first-order valence-electron chi connectivity index (χ1n) is 9.77. The minimum absolute atomic E-state index is 0.0339. The maximum atomic E-state index is 13.2. The van der Waals surface area contributed by atoms with Crippen LogP contribution in [-0.4, -0.2) is 47.1 Å². The van der Waals surface area contributed by atoms with Crippen molar-refractivity contribution >= 4 is 50.7 Å². The summed E-state index contributed by atoms with van der Waals surface area (Å²) in [6, 6.07) is 15.1. The molecule has 0 radical (unpaired) electrons. The highest BCUT2D eigenvalue weighted by atomic mass is 35.5. The van der Waals surface area contributed by atoms with Crippen LogP contribution in [0.1, 0.15) is 10.4 Å². The van der Waals surface area contributed by atoms with Crippen molar-refractivity contribution in [1.82, 2.24) is 14.9 Å². The smallest absolute Gasteiger partial charge is 0.256 e. The third-order valence-electron chi connectivity index (χ3n) is 5.24. The first-order chi connectivity index (χ1) is 14.7. The second kappa shape index (κ2) is 7.89. The first kappa shape index (κ1) is 18.8. The highest BCUT2D eigenvalue weighted by Crippen LogP contribution is 2.32. The lowest BCUT2D eigenvalue weighted by Gasteiger charge is -2.27. The van der Waals surface area contributed by atoms with Gasteiger partial charge in [-0.15, -0.1) is 0 Å². The second-order valence-electron chi connectivity index (χ2n) is 7.12. The number of hydrogen-bond acceptors (Lipinski definition) is 5. The number of pyridine rings is 2. The second-order valence-corrected chi connectivity index (χ2v) is 7.56. The monoisotopic (exact) mass is 418 g/mol. The fraction of sp³-hybridized carbons (Fsp3) is 0.174. The van der Waals surface area contributed by atoms with E-state index in [-0.39, 0.29) is 5.91 Å². The summed E-state index contributed by atoms with van der Waals surface area (Å²) in [5, 5.41) is 6.75. The molecule has 150 valence electrons. The van der Waals surface area contributed by atoms with E-state index in [9.17, 15) is 4.79 Å². The van der Waals surface area contributed by atoms with Crippen LogP contribution in [-0.2, 0) is 4.74 Å². The van der Waals surface area contributed by atoms with Gasteiger partial charge in [0.05, 0.1) is 24.3 Å². The van der Waals surface area contributed by atoms with Crippen molar-refractivity contribution in [3.8, 4) is 0 Å². The van der Waals surface area contributed by atoms with Gasteiger partial charge in [-0.1, -0.05) is 29.8 Å². The van der Waals surface area contributed by atoms with Gasteiger partial charge in [-0.05, 0) is 30.3 Å². The van der Waals surface area contributed by atoms with Gasteiger partial charge >= 0.3 is 0 Å². The minimum Gasteiger partial charge on any atom is -0.378 e. The van der Waals surface area contributed by atoms with Crippen molar-refractivity contribution in [3.05, 3.63) is 71.5 Å². The summed E-state index contributed by atoms with van der Waals surface area (Å²) >= 11 is 6.15. The Morgan fingerprint density at radius 2 is 1.87 bits per heavy atom. The molecule has 0 aliphatic carbocycles. The fourth-order valence-corrected chi connectivity index (χ4v) is 3.97. The number of benzene rings is 2. The predicted octanol–water partition coefficient (Wildman–Crippen LogP) is 4.65. The lowest BCUT2D eigenvalue weighted by Crippen LogP contribution is -2.40. The molecule has 6 nitrogen and oxygen atoms in total. The Morgan fingerprint density at radius 3 is 2.70 bits per heavy atom. The van der Waals surface area contributed by atoms with Crippen molar-refractivity contribution < 1.29 is 9.53 Å². The molecule has 2 aromatic heterocycles. The number of rotatable bonds is 3. The lowest BCUT2D eigenvalue weighted by molar-refractivity contribution is 0.0304. The average Bonchev–Trinajstić information content (AvgIpc) is 2.79. The van der Waals surface area contributed by atoms with E-state index in [1.54, 1.807) is 6.20 Å². The number of anilines is 2. The molecule has 0 saturated carbocycles. The third-order valence-corrected chi connectivity index (χ3v) is 5.48. The zero-order valence-electron chi connectivity index (χ0n) is 16.1. The van der Waals surface area contributed by atoms with Gasteiger partial charge in [-0.3, -0.25) is 9.78 Å². The van der Waals surface area contributed by atoms with Crippen molar-refractivity contribution in [2.45, 2.75) is 0 Å². The highest BCUT2D eigenvalue weighted by Gasteiger charge is 2.22. The van der Waals surface area contributed by atoms with Crippen LogP contribution in [0.5, 0.6) is 0 Å². The van der Waals surface area contributed by atoms with Gasteiger partial charge in [0.15, 0.2) is 0 Å². The largest absolute Gasteiger partial charge is 0.378 e. The summed E-state index contributed by atoms with van der Waals surface area (Å²) in [5.41, 5.74) is 2.05. The first-order valence-corrected chi connectivity index (χ1v) is 10.1. The van der Waals surface area contributed by atoms with Crippen LogP contribution in [0.15, 0.2) is 60.9 Å². The van der Waals surface area contributed by atoms with Crippen LogP contribution in [0.4, 0.5) is 11.5 Å². The van der Waals surface area contributed by atoms with Crippen molar-refractivity contribution in [1.29, 1.82) is 0 Å². The molecule has 1 amide bonds. The summed E-state index contributed by atoms with van der Waals surface area (Å²) in [6.07, 6.45) is 3.55. The van der Waals surface area contributed by atoms with E-state index in [0.29, 0.717) is 48.2 Å². The number of amides is 1. The zero-order valence-corrected chi connectivity index (χ0v) is 16.9. The third kappa shape index (κ3) is 3.44. The summed E-state index contributed by atoms with van der Waals surface area (Å²) < 4.78 is 5.39. The number of halogens is 1. The summed E-state index contributed by atoms with van der Waals surface area (Å²) in [5.74, 6) is 0.623. The number of aromatic nitrogens is 2. The van der Waals surface area contributed by atoms with Crippen molar-refractivity contribution in [3.63, 3.8) is 0 Å². The van der Waals surface area contributed by atoms with Crippen LogP contribution >= 0.6 is 11.6 Å². The molecule has 1 fully saturated rings. The molecule has 1 N–H and O–H groups in total.